The standard InChI is InChI=1S/C17H22N2O2/c1-13-4-6-14(7-5-13)12-18-15(20)17(8-9-17)16(21)19-10-2-3-11-19/h4-7H,2-3,8-12H2,1H3,(H,18,20). The number of hydrogen-bond acceptors (Lipinski definition) is 2. The molecule has 1 heterocycles. The fraction of sp³-hybridized carbons (Fsp3) is 0.529. The molecule has 0 spiro atoms. The van der Waals surface area contributed by atoms with Gasteiger partial charge in [-0.1, -0.05) is 29.8 Å². The second-order valence-corrected chi connectivity index (χ2v) is 6.25. The number of amides is 2. The first-order valence-corrected chi connectivity index (χ1v) is 7.75. The highest BCUT2D eigenvalue weighted by atomic mass is 16.2. The van der Waals surface area contributed by atoms with E-state index in [4.69, 9.17) is 0 Å². The number of carbonyl (C=O) groups excluding carboxylic acids is 2. The number of carbonyl (C=O) groups is 2. The molecule has 0 unspecified atom stereocenters. The lowest BCUT2D eigenvalue weighted by atomic mass is 10.0. The lowest BCUT2D eigenvalue weighted by Gasteiger charge is -2.22. The third-order valence-corrected chi connectivity index (χ3v) is 4.56. The fourth-order valence-corrected chi connectivity index (χ4v) is 2.94. The Bertz CT molecular complexity index is 540. The summed E-state index contributed by atoms with van der Waals surface area (Å²) in [6, 6.07) is 8.09. The molecule has 2 amide bonds. The van der Waals surface area contributed by atoms with Gasteiger partial charge in [0, 0.05) is 19.6 Å². The molecule has 3 rings (SSSR count). The predicted molar refractivity (Wildman–Crippen MR) is 80.5 cm³/mol. The van der Waals surface area contributed by atoms with Gasteiger partial charge in [0.05, 0.1) is 0 Å². The zero-order valence-corrected chi connectivity index (χ0v) is 12.5. The molecule has 0 bridgehead atoms. The van der Waals surface area contributed by atoms with Crippen molar-refractivity contribution in [1.82, 2.24) is 10.2 Å². The Morgan fingerprint density at radius 1 is 1.14 bits per heavy atom. The average molecular weight is 286 g/mol. The third kappa shape index (κ3) is 2.80. The van der Waals surface area contributed by atoms with E-state index in [1.807, 2.05) is 36.1 Å². The van der Waals surface area contributed by atoms with Gasteiger partial charge in [-0.25, -0.2) is 0 Å². The highest BCUT2D eigenvalue weighted by Crippen LogP contribution is 2.48. The molecule has 21 heavy (non-hydrogen) atoms. The van der Waals surface area contributed by atoms with Crippen LogP contribution < -0.4 is 5.32 Å². The Morgan fingerprint density at radius 3 is 2.33 bits per heavy atom. The Morgan fingerprint density at radius 2 is 1.76 bits per heavy atom. The Balaban J connectivity index is 1.59. The zero-order chi connectivity index (χ0) is 14.9. The molecule has 1 aromatic carbocycles. The summed E-state index contributed by atoms with van der Waals surface area (Å²) in [6.45, 7) is 4.15. The van der Waals surface area contributed by atoms with E-state index in [1.165, 1.54) is 5.56 Å². The van der Waals surface area contributed by atoms with Gasteiger partial charge in [-0.15, -0.1) is 0 Å². The smallest absolute Gasteiger partial charge is 0.238 e. The van der Waals surface area contributed by atoms with Gasteiger partial charge in [-0.3, -0.25) is 9.59 Å². The van der Waals surface area contributed by atoms with Gasteiger partial charge >= 0.3 is 0 Å². The van der Waals surface area contributed by atoms with Crippen LogP contribution in [0, 0.1) is 12.3 Å². The second-order valence-electron chi connectivity index (χ2n) is 6.25. The second kappa shape index (κ2) is 5.51. The lowest BCUT2D eigenvalue weighted by Crippen LogP contribution is -2.44. The van der Waals surface area contributed by atoms with Crippen molar-refractivity contribution >= 4 is 11.8 Å². The Kier molecular flexibility index (Phi) is 3.70. The van der Waals surface area contributed by atoms with Gasteiger partial charge in [0.15, 0.2) is 0 Å². The summed E-state index contributed by atoms with van der Waals surface area (Å²) in [5, 5.41) is 2.94. The van der Waals surface area contributed by atoms with Crippen LogP contribution in [0.15, 0.2) is 24.3 Å². The molecule has 112 valence electrons. The number of likely N-dealkylation sites (tertiary alicyclic amines) is 1. The minimum atomic E-state index is -0.755. The van der Waals surface area contributed by atoms with Gasteiger partial charge in [0.1, 0.15) is 5.41 Å². The molecule has 1 saturated carbocycles. The summed E-state index contributed by atoms with van der Waals surface area (Å²) in [5.41, 5.74) is 1.51. The molecule has 1 saturated heterocycles. The molecule has 1 aliphatic carbocycles. The van der Waals surface area contributed by atoms with Crippen molar-refractivity contribution in [3.8, 4) is 0 Å². The molecule has 4 nitrogen and oxygen atoms in total. The van der Waals surface area contributed by atoms with E-state index in [0.29, 0.717) is 19.4 Å². The maximum absolute atomic E-state index is 12.5. The summed E-state index contributed by atoms with van der Waals surface area (Å²) in [7, 11) is 0. The number of nitrogens with one attached hydrogen (secondary N) is 1. The Hall–Kier alpha value is -1.84. The van der Waals surface area contributed by atoms with Crippen molar-refractivity contribution in [2.45, 2.75) is 39.2 Å². The monoisotopic (exact) mass is 286 g/mol. The third-order valence-electron chi connectivity index (χ3n) is 4.56. The lowest BCUT2D eigenvalue weighted by molar-refractivity contribution is -0.143. The maximum atomic E-state index is 12.5. The first-order chi connectivity index (χ1) is 10.1. The number of hydrogen-bond donors (Lipinski definition) is 1. The van der Waals surface area contributed by atoms with Crippen LogP contribution >= 0.6 is 0 Å². The van der Waals surface area contributed by atoms with Crippen LogP contribution in [0.25, 0.3) is 0 Å². The van der Waals surface area contributed by atoms with Crippen LogP contribution in [0.3, 0.4) is 0 Å². The van der Waals surface area contributed by atoms with Crippen molar-refractivity contribution in [1.29, 1.82) is 0 Å². The SMILES string of the molecule is Cc1ccc(CNC(=O)C2(C(=O)N3CCCC3)CC2)cc1. The molecule has 2 fully saturated rings. The predicted octanol–water partition coefficient (Wildman–Crippen LogP) is 2.01. The van der Waals surface area contributed by atoms with Gasteiger partial charge in [-0.2, -0.15) is 0 Å². The largest absolute Gasteiger partial charge is 0.351 e. The van der Waals surface area contributed by atoms with Gasteiger partial charge in [0.2, 0.25) is 11.8 Å². The highest BCUT2D eigenvalue weighted by molar-refractivity contribution is 6.07. The molecule has 2 aliphatic rings. The minimum Gasteiger partial charge on any atom is -0.351 e. The van der Waals surface area contributed by atoms with E-state index in [9.17, 15) is 9.59 Å². The van der Waals surface area contributed by atoms with Gasteiger partial charge in [0.25, 0.3) is 0 Å². The molecular formula is C17H22N2O2. The summed E-state index contributed by atoms with van der Waals surface area (Å²) in [4.78, 5) is 26.8. The van der Waals surface area contributed by atoms with Crippen molar-refractivity contribution in [3.05, 3.63) is 35.4 Å². The van der Waals surface area contributed by atoms with Gasteiger partial charge < -0.3 is 10.2 Å². The van der Waals surface area contributed by atoms with E-state index in [2.05, 4.69) is 5.32 Å². The maximum Gasteiger partial charge on any atom is 0.238 e. The number of rotatable bonds is 4. The molecule has 0 radical (unpaired) electrons. The van der Waals surface area contributed by atoms with E-state index in [1.54, 1.807) is 0 Å². The van der Waals surface area contributed by atoms with Crippen LogP contribution in [0.4, 0.5) is 0 Å². The quantitative estimate of drug-likeness (QED) is 0.861. The number of nitrogens with zero attached hydrogens (tertiary/aromatic N) is 1. The fourth-order valence-electron chi connectivity index (χ4n) is 2.94. The van der Waals surface area contributed by atoms with E-state index >= 15 is 0 Å². The first-order valence-electron chi connectivity index (χ1n) is 7.75. The number of aryl methyl sites for hydroxylation is 1. The first kappa shape index (κ1) is 14.1. The van der Waals surface area contributed by atoms with E-state index < -0.39 is 5.41 Å². The van der Waals surface area contributed by atoms with Crippen LogP contribution in [-0.2, 0) is 16.1 Å². The van der Waals surface area contributed by atoms with Crippen molar-refractivity contribution < 1.29 is 9.59 Å². The molecule has 4 heteroatoms. The van der Waals surface area contributed by atoms with Crippen LogP contribution in [0.2, 0.25) is 0 Å². The van der Waals surface area contributed by atoms with Crippen molar-refractivity contribution in [2.24, 2.45) is 5.41 Å². The molecule has 0 aromatic heterocycles. The number of benzene rings is 1. The summed E-state index contributed by atoms with van der Waals surface area (Å²) in [6.07, 6.45) is 3.52. The Labute approximate surface area is 125 Å². The molecule has 1 aromatic rings. The summed E-state index contributed by atoms with van der Waals surface area (Å²) in [5.74, 6) is -0.0543. The molecular weight excluding hydrogens is 264 g/mol. The van der Waals surface area contributed by atoms with E-state index in [0.717, 1.165) is 31.5 Å². The summed E-state index contributed by atoms with van der Waals surface area (Å²) < 4.78 is 0. The normalized spacial score (nSPS) is 19.4. The van der Waals surface area contributed by atoms with Crippen molar-refractivity contribution in [2.75, 3.05) is 13.1 Å². The van der Waals surface area contributed by atoms with Gasteiger partial charge in [-0.05, 0) is 38.2 Å². The topological polar surface area (TPSA) is 49.4 Å². The van der Waals surface area contributed by atoms with Crippen molar-refractivity contribution in [3.63, 3.8) is 0 Å². The summed E-state index contributed by atoms with van der Waals surface area (Å²) >= 11 is 0. The van der Waals surface area contributed by atoms with E-state index in [-0.39, 0.29) is 11.8 Å². The zero-order valence-electron chi connectivity index (χ0n) is 12.5. The molecule has 0 atom stereocenters. The van der Waals surface area contributed by atoms with Crippen LogP contribution in [-0.4, -0.2) is 29.8 Å². The highest BCUT2D eigenvalue weighted by Gasteiger charge is 2.58. The van der Waals surface area contributed by atoms with Crippen LogP contribution in [0.5, 0.6) is 0 Å². The molecule has 1 N–H and O–H groups in total. The minimum absolute atomic E-state index is 0.0430. The average Bonchev–Trinajstić information content (AvgIpc) is 3.13. The molecule has 1 aliphatic heterocycles. The van der Waals surface area contributed by atoms with Crippen LogP contribution in [0.1, 0.15) is 36.8 Å².